The van der Waals surface area contributed by atoms with E-state index in [2.05, 4.69) is 26.0 Å². The average molecular weight is 459 g/mol. The Hall–Kier alpha value is -2.64. The quantitative estimate of drug-likeness (QED) is 0.556. The lowest BCUT2D eigenvalue weighted by Crippen LogP contribution is -2.15. The van der Waals surface area contributed by atoms with E-state index in [0.717, 1.165) is 10.0 Å². The van der Waals surface area contributed by atoms with E-state index in [0.29, 0.717) is 22.5 Å². The molecule has 3 aromatic rings. The van der Waals surface area contributed by atoms with E-state index in [-0.39, 0.29) is 10.8 Å². The fourth-order valence-corrected chi connectivity index (χ4v) is 4.05. The molecule has 0 spiro atoms. The minimum atomic E-state index is -3.68. The van der Waals surface area contributed by atoms with Gasteiger partial charge in [0.15, 0.2) is 0 Å². The smallest absolute Gasteiger partial charge is 0.261 e. The Morgan fingerprint density at radius 2 is 1.61 bits per heavy atom. The lowest BCUT2D eigenvalue weighted by molar-refractivity contribution is 0.102. The van der Waals surface area contributed by atoms with Crippen molar-refractivity contribution in [3.63, 3.8) is 0 Å². The monoisotopic (exact) mass is 458 g/mol. The highest BCUT2D eigenvalue weighted by Crippen LogP contribution is 2.23. The number of amides is 1. The lowest BCUT2D eigenvalue weighted by atomic mass is 10.1. The highest BCUT2D eigenvalue weighted by molar-refractivity contribution is 9.10. The Balaban J connectivity index is 1.78. The van der Waals surface area contributed by atoms with Gasteiger partial charge in [-0.1, -0.05) is 34.1 Å². The maximum atomic E-state index is 12.5. The first-order valence-electron chi connectivity index (χ1n) is 8.52. The molecule has 0 aromatic heterocycles. The van der Waals surface area contributed by atoms with E-state index in [4.69, 9.17) is 0 Å². The van der Waals surface area contributed by atoms with Crippen molar-refractivity contribution in [1.82, 2.24) is 0 Å². The number of carbonyl (C=O) groups excluding carboxylic acids is 1. The zero-order valence-electron chi connectivity index (χ0n) is 15.4. The largest absolute Gasteiger partial charge is 0.322 e. The van der Waals surface area contributed by atoms with Gasteiger partial charge in [0, 0.05) is 15.7 Å². The molecule has 0 saturated heterocycles. The van der Waals surface area contributed by atoms with Crippen LogP contribution in [-0.2, 0) is 10.0 Å². The summed E-state index contributed by atoms with van der Waals surface area (Å²) in [5.74, 6) is -0.262. The lowest BCUT2D eigenvalue weighted by Gasteiger charge is -2.12. The number of halogens is 1. The maximum Gasteiger partial charge on any atom is 0.261 e. The predicted octanol–water partition coefficient (Wildman–Crippen LogP) is 5.12. The second kappa shape index (κ2) is 8.16. The van der Waals surface area contributed by atoms with Gasteiger partial charge in [0.25, 0.3) is 15.9 Å². The molecule has 144 valence electrons. The summed E-state index contributed by atoms with van der Waals surface area (Å²) in [5.41, 5.74) is 3.23. The van der Waals surface area contributed by atoms with Crippen molar-refractivity contribution in [2.24, 2.45) is 0 Å². The van der Waals surface area contributed by atoms with Crippen molar-refractivity contribution >= 4 is 43.2 Å². The zero-order valence-corrected chi connectivity index (χ0v) is 17.8. The molecule has 0 aliphatic carbocycles. The van der Waals surface area contributed by atoms with E-state index < -0.39 is 10.0 Å². The number of rotatable bonds is 5. The van der Waals surface area contributed by atoms with Gasteiger partial charge >= 0.3 is 0 Å². The van der Waals surface area contributed by atoms with Crippen molar-refractivity contribution in [2.45, 2.75) is 18.7 Å². The fraction of sp³-hybridized carbons (Fsp3) is 0.0952. The van der Waals surface area contributed by atoms with Crippen LogP contribution in [0.4, 0.5) is 11.4 Å². The summed E-state index contributed by atoms with van der Waals surface area (Å²) in [5, 5.41) is 2.85. The minimum Gasteiger partial charge on any atom is -0.322 e. The van der Waals surface area contributed by atoms with Crippen LogP contribution in [0.2, 0.25) is 0 Å². The van der Waals surface area contributed by atoms with Crippen molar-refractivity contribution < 1.29 is 13.2 Å². The number of hydrogen-bond donors (Lipinski definition) is 2. The summed E-state index contributed by atoms with van der Waals surface area (Å²) >= 11 is 3.43. The van der Waals surface area contributed by atoms with Crippen LogP contribution in [0, 0.1) is 13.8 Å². The molecule has 0 heterocycles. The van der Waals surface area contributed by atoms with Crippen LogP contribution in [0.1, 0.15) is 21.5 Å². The van der Waals surface area contributed by atoms with E-state index >= 15 is 0 Å². The van der Waals surface area contributed by atoms with Crippen LogP contribution in [-0.4, -0.2) is 14.3 Å². The highest BCUT2D eigenvalue weighted by atomic mass is 79.9. The molecule has 0 fully saturated rings. The Labute approximate surface area is 173 Å². The molecular weight excluding hydrogens is 440 g/mol. The van der Waals surface area contributed by atoms with E-state index in [9.17, 15) is 13.2 Å². The SMILES string of the molecule is Cc1cc(NC(=O)c2ccc(NS(=O)(=O)c3ccccc3)c(C)c2)ccc1Br. The number of nitrogens with one attached hydrogen (secondary N) is 2. The molecule has 0 saturated carbocycles. The van der Waals surface area contributed by atoms with Gasteiger partial charge in [-0.3, -0.25) is 9.52 Å². The minimum absolute atomic E-state index is 0.182. The van der Waals surface area contributed by atoms with E-state index in [1.54, 1.807) is 43.3 Å². The molecule has 7 heteroatoms. The van der Waals surface area contributed by atoms with Crippen molar-refractivity contribution in [3.8, 4) is 0 Å². The Bertz CT molecular complexity index is 1130. The molecule has 3 rings (SSSR count). The third-order valence-electron chi connectivity index (χ3n) is 4.20. The van der Waals surface area contributed by atoms with Gasteiger partial charge in [0.05, 0.1) is 10.6 Å². The summed E-state index contributed by atoms with van der Waals surface area (Å²) < 4.78 is 28.5. The van der Waals surface area contributed by atoms with Gasteiger partial charge in [-0.2, -0.15) is 0 Å². The van der Waals surface area contributed by atoms with E-state index in [1.165, 1.54) is 12.1 Å². The number of sulfonamides is 1. The van der Waals surface area contributed by atoms with Gasteiger partial charge in [0.2, 0.25) is 0 Å². The Morgan fingerprint density at radius 1 is 0.893 bits per heavy atom. The molecule has 0 atom stereocenters. The highest BCUT2D eigenvalue weighted by Gasteiger charge is 2.16. The standard InChI is InChI=1S/C21H19BrN2O3S/c1-14-13-17(9-10-19(14)22)23-21(25)16-8-11-20(15(2)12-16)24-28(26,27)18-6-4-3-5-7-18/h3-13,24H,1-2H3,(H,23,25). The van der Waals surface area contributed by atoms with Crippen LogP contribution in [0.5, 0.6) is 0 Å². The molecule has 0 bridgehead atoms. The number of benzene rings is 3. The molecule has 0 aliphatic heterocycles. The summed E-state index contributed by atoms with van der Waals surface area (Å²) in [6.45, 7) is 3.70. The Kier molecular flexibility index (Phi) is 5.86. The number of carbonyl (C=O) groups is 1. The first-order chi connectivity index (χ1) is 13.3. The maximum absolute atomic E-state index is 12.5. The van der Waals surface area contributed by atoms with Gasteiger partial charge in [-0.25, -0.2) is 8.42 Å². The molecule has 2 N–H and O–H groups in total. The first-order valence-corrected chi connectivity index (χ1v) is 10.8. The second-order valence-corrected chi connectivity index (χ2v) is 8.90. The van der Waals surface area contributed by atoms with Crippen LogP contribution < -0.4 is 10.0 Å². The van der Waals surface area contributed by atoms with Gasteiger partial charge in [0.1, 0.15) is 0 Å². The van der Waals surface area contributed by atoms with Crippen molar-refractivity contribution in [1.29, 1.82) is 0 Å². The van der Waals surface area contributed by atoms with Gasteiger partial charge in [-0.15, -0.1) is 0 Å². The summed E-state index contributed by atoms with van der Waals surface area (Å²) in [6, 6.07) is 18.5. The molecule has 3 aromatic carbocycles. The number of aryl methyl sites for hydroxylation is 2. The predicted molar refractivity (Wildman–Crippen MR) is 115 cm³/mol. The first kappa shape index (κ1) is 20.1. The van der Waals surface area contributed by atoms with E-state index in [1.807, 2.05) is 25.1 Å². The number of hydrogen-bond acceptors (Lipinski definition) is 3. The molecule has 5 nitrogen and oxygen atoms in total. The molecule has 0 unspecified atom stereocenters. The summed E-state index contributed by atoms with van der Waals surface area (Å²) in [4.78, 5) is 12.7. The molecular formula is C21H19BrN2O3S. The summed E-state index contributed by atoms with van der Waals surface area (Å²) in [7, 11) is -3.68. The summed E-state index contributed by atoms with van der Waals surface area (Å²) in [6.07, 6.45) is 0. The zero-order chi connectivity index (χ0) is 20.3. The van der Waals surface area contributed by atoms with Gasteiger partial charge in [-0.05, 0) is 73.5 Å². The van der Waals surface area contributed by atoms with Crippen LogP contribution in [0.15, 0.2) is 76.1 Å². The van der Waals surface area contributed by atoms with Crippen LogP contribution in [0.25, 0.3) is 0 Å². The van der Waals surface area contributed by atoms with Crippen molar-refractivity contribution in [2.75, 3.05) is 10.0 Å². The number of anilines is 2. The average Bonchev–Trinajstić information content (AvgIpc) is 2.67. The third-order valence-corrected chi connectivity index (χ3v) is 6.47. The molecule has 0 aliphatic rings. The molecule has 1 amide bonds. The van der Waals surface area contributed by atoms with Gasteiger partial charge < -0.3 is 5.32 Å². The second-order valence-electron chi connectivity index (χ2n) is 6.37. The van der Waals surface area contributed by atoms with Crippen LogP contribution >= 0.6 is 15.9 Å². The van der Waals surface area contributed by atoms with Crippen LogP contribution in [0.3, 0.4) is 0 Å². The Morgan fingerprint density at radius 3 is 2.25 bits per heavy atom. The fourth-order valence-electron chi connectivity index (χ4n) is 2.65. The topological polar surface area (TPSA) is 75.3 Å². The molecule has 28 heavy (non-hydrogen) atoms. The molecule has 0 radical (unpaired) electrons. The van der Waals surface area contributed by atoms with Crippen molar-refractivity contribution in [3.05, 3.63) is 87.9 Å². The third kappa shape index (κ3) is 4.61. The normalized spacial score (nSPS) is 11.1.